The minimum absolute atomic E-state index is 0.312. The van der Waals surface area contributed by atoms with Gasteiger partial charge in [0.05, 0.1) is 16.7 Å². The summed E-state index contributed by atoms with van der Waals surface area (Å²) in [5.41, 5.74) is 5.56. The van der Waals surface area contributed by atoms with Crippen LogP contribution in [0.15, 0.2) is 58.1 Å². The zero-order valence-corrected chi connectivity index (χ0v) is 19.9. The van der Waals surface area contributed by atoms with Crippen LogP contribution in [0.2, 0.25) is 0 Å². The topological polar surface area (TPSA) is 67.8 Å². The molecule has 0 radical (unpaired) electrons. The molecule has 2 aliphatic heterocycles. The van der Waals surface area contributed by atoms with E-state index in [9.17, 15) is 9.59 Å². The maximum atomic E-state index is 12.5. The van der Waals surface area contributed by atoms with Gasteiger partial charge in [0.1, 0.15) is 0 Å². The summed E-state index contributed by atoms with van der Waals surface area (Å²) in [6.07, 6.45) is 0.886. The summed E-state index contributed by atoms with van der Waals surface area (Å²) < 4.78 is 2.08. The molecule has 2 heterocycles. The molecule has 4 rings (SSSR count). The molecule has 2 aromatic carbocycles. The standard InChI is InChI=1S/C25H27N3O2.C2H6/c1-15(2)18-9-10-21-20(13-18)26-24-22(14-23(29)27-25(24)30)28(21)12-11-17(4)19-8-6-5-7-16(19)3;1-2/h5-10,13-15,17H,11-12H2,1-4H3,(H,27,29,30);1-2H3. The van der Waals surface area contributed by atoms with Crippen molar-refractivity contribution in [1.82, 2.24) is 14.5 Å². The lowest BCUT2D eigenvalue weighted by Crippen LogP contribution is -2.25. The van der Waals surface area contributed by atoms with Crippen LogP contribution in [0.25, 0.3) is 22.4 Å². The first kappa shape index (κ1) is 23.5. The Morgan fingerprint density at radius 2 is 1.72 bits per heavy atom. The third-order valence-corrected chi connectivity index (χ3v) is 5.95. The molecular formula is C27H33N3O2. The number of H-pyrrole nitrogens is 1. The minimum atomic E-state index is -0.435. The maximum Gasteiger partial charge on any atom is 0.278 e. The van der Waals surface area contributed by atoms with Crippen LogP contribution in [-0.2, 0) is 6.54 Å². The summed E-state index contributed by atoms with van der Waals surface area (Å²) in [6, 6.07) is 16.1. The summed E-state index contributed by atoms with van der Waals surface area (Å²) in [6.45, 7) is 13.3. The number of hydrogen-bond acceptors (Lipinski definition) is 3. The highest BCUT2D eigenvalue weighted by Gasteiger charge is 2.18. The number of rotatable bonds is 5. The monoisotopic (exact) mass is 431 g/mol. The Hall–Kier alpha value is -3.21. The summed E-state index contributed by atoms with van der Waals surface area (Å²) in [7, 11) is 0. The van der Waals surface area contributed by atoms with E-state index in [1.165, 1.54) is 22.8 Å². The lowest BCUT2D eigenvalue weighted by atomic mass is 9.93. The van der Waals surface area contributed by atoms with Crippen LogP contribution in [0.4, 0.5) is 0 Å². The first-order valence-electron chi connectivity index (χ1n) is 11.5. The number of fused-ring (bicyclic) bond motifs is 2. The predicted molar refractivity (Wildman–Crippen MR) is 133 cm³/mol. The van der Waals surface area contributed by atoms with Gasteiger partial charge in [-0.1, -0.05) is 65.0 Å². The summed E-state index contributed by atoms with van der Waals surface area (Å²) in [5.74, 6) is 0.712. The van der Waals surface area contributed by atoms with Gasteiger partial charge < -0.3 is 4.57 Å². The second-order valence-corrected chi connectivity index (χ2v) is 8.41. The number of aromatic amines is 1. The third kappa shape index (κ3) is 4.67. The highest BCUT2D eigenvalue weighted by atomic mass is 16.2. The zero-order valence-electron chi connectivity index (χ0n) is 19.9. The minimum Gasteiger partial charge on any atom is -0.338 e. The van der Waals surface area contributed by atoms with Crippen molar-refractivity contribution in [3.8, 4) is 11.4 Å². The molecule has 0 fully saturated rings. The van der Waals surface area contributed by atoms with Crippen molar-refractivity contribution in [2.45, 2.75) is 66.3 Å². The van der Waals surface area contributed by atoms with Crippen LogP contribution in [0.5, 0.6) is 0 Å². The largest absolute Gasteiger partial charge is 0.338 e. The van der Waals surface area contributed by atoms with Crippen molar-refractivity contribution in [1.29, 1.82) is 0 Å². The molecule has 2 aliphatic rings. The summed E-state index contributed by atoms with van der Waals surface area (Å²) in [5, 5.41) is 0. The lowest BCUT2D eigenvalue weighted by Gasteiger charge is -2.21. The molecule has 5 nitrogen and oxygen atoms in total. The second-order valence-electron chi connectivity index (χ2n) is 8.41. The van der Waals surface area contributed by atoms with E-state index in [1.54, 1.807) is 0 Å². The number of benzene rings is 2. The molecule has 32 heavy (non-hydrogen) atoms. The Bertz CT molecular complexity index is 1300. The molecule has 0 saturated heterocycles. The molecule has 0 aliphatic carbocycles. The van der Waals surface area contributed by atoms with Gasteiger partial charge >= 0.3 is 0 Å². The SMILES string of the molecule is CC.Cc1ccccc1C(C)CCn1c2cc(=O)[nH]c(=O)c-2nc2cc(C(C)C)ccc21. The molecule has 0 bridgehead atoms. The first-order chi connectivity index (χ1) is 15.3. The van der Waals surface area contributed by atoms with Gasteiger partial charge in [-0.3, -0.25) is 14.6 Å². The van der Waals surface area contributed by atoms with Crippen molar-refractivity contribution in [2.75, 3.05) is 0 Å². The van der Waals surface area contributed by atoms with Crippen molar-refractivity contribution < 1.29 is 0 Å². The van der Waals surface area contributed by atoms with Gasteiger partial charge in [0, 0.05) is 12.6 Å². The Kier molecular flexibility index (Phi) is 7.29. The number of nitrogens with zero attached hydrogens (tertiary/aromatic N) is 2. The highest BCUT2D eigenvalue weighted by Crippen LogP contribution is 2.28. The quantitative estimate of drug-likeness (QED) is 0.404. The first-order valence-corrected chi connectivity index (χ1v) is 11.5. The lowest BCUT2D eigenvalue weighted by molar-refractivity contribution is 0.585. The van der Waals surface area contributed by atoms with Crippen LogP contribution in [0, 0.1) is 6.92 Å². The summed E-state index contributed by atoms with van der Waals surface area (Å²) >= 11 is 0. The molecule has 0 spiro atoms. The van der Waals surface area contributed by atoms with E-state index in [4.69, 9.17) is 0 Å². The van der Waals surface area contributed by atoms with Gasteiger partial charge in [-0.25, -0.2) is 4.98 Å². The van der Waals surface area contributed by atoms with Crippen molar-refractivity contribution in [3.05, 3.63) is 85.9 Å². The van der Waals surface area contributed by atoms with Gasteiger partial charge in [-0.05, 0) is 54.0 Å². The smallest absolute Gasteiger partial charge is 0.278 e. The van der Waals surface area contributed by atoms with Crippen LogP contribution in [0.1, 0.15) is 69.6 Å². The van der Waals surface area contributed by atoms with Crippen molar-refractivity contribution >= 4 is 11.0 Å². The Morgan fingerprint density at radius 3 is 2.41 bits per heavy atom. The van der Waals surface area contributed by atoms with Crippen LogP contribution in [0.3, 0.4) is 0 Å². The number of aromatic nitrogens is 3. The average Bonchev–Trinajstić information content (AvgIpc) is 2.78. The number of aryl methyl sites for hydroxylation is 2. The molecule has 5 heteroatoms. The predicted octanol–water partition coefficient (Wildman–Crippen LogP) is 5.84. The normalized spacial score (nSPS) is 12.1. The number of pyridine rings is 1. The Labute approximate surface area is 189 Å². The third-order valence-electron chi connectivity index (χ3n) is 5.95. The maximum absolute atomic E-state index is 12.5. The van der Waals surface area contributed by atoms with E-state index < -0.39 is 11.1 Å². The van der Waals surface area contributed by atoms with Gasteiger partial charge in [0.2, 0.25) is 0 Å². The Balaban J connectivity index is 0.00000141. The number of hydrogen-bond donors (Lipinski definition) is 1. The van der Waals surface area contributed by atoms with E-state index >= 15 is 0 Å². The fourth-order valence-electron chi connectivity index (χ4n) is 4.16. The molecule has 2 aromatic rings. The number of nitrogens with one attached hydrogen (secondary N) is 1. The van der Waals surface area contributed by atoms with Crippen LogP contribution >= 0.6 is 0 Å². The average molecular weight is 432 g/mol. The molecule has 1 unspecified atom stereocenters. The van der Waals surface area contributed by atoms with Crippen molar-refractivity contribution in [3.63, 3.8) is 0 Å². The van der Waals surface area contributed by atoms with Gasteiger partial charge in [0.15, 0.2) is 5.69 Å². The second kappa shape index (κ2) is 9.94. The molecule has 0 saturated carbocycles. The molecule has 168 valence electrons. The molecule has 1 atom stereocenters. The highest BCUT2D eigenvalue weighted by molar-refractivity contribution is 5.81. The van der Waals surface area contributed by atoms with Gasteiger partial charge in [0.25, 0.3) is 11.1 Å². The van der Waals surface area contributed by atoms with E-state index in [1.807, 2.05) is 19.9 Å². The Morgan fingerprint density at radius 1 is 1.00 bits per heavy atom. The van der Waals surface area contributed by atoms with E-state index in [-0.39, 0.29) is 0 Å². The molecular weight excluding hydrogens is 398 g/mol. The van der Waals surface area contributed by atoms with E-state index in [0.717, 1.165) is 17.5 Å². The van der Waals surface area contributed by atoms with Crippen molar-refractivity contribution in [2.24, 2.45) is 0 Å². The molecule has 0 amide bonds. The van der Waals surface area contributed by atoms with Gasteiger partial charge in [-0.2, -0.15) is 0 Å². The van der Waals surface area contributed by atoms with Crippen LogP contribution in [-0.4, -0.2) is 14.5 Å². The molecule has 1 N–H and O–H groups in total. The fourth-order valence-corrected chi connectivity index (χ4v) is 4.16. The van der Waals surface area contributed by atoms with Crippen LogP contribution < -0.4 is 11.1 Å². The fraction of sp³-hybridized carbons (Fsp3) is 0.370. The summed E-state index contributed by atoms with van der Waals surface area (Å²) in [4.78, 5) is 31.5. The van der Waals surface area contributed by atoms with Gasteiger partial charge in [-0.15, -0.1) is 0 Å². The van der Waals surface area contributed by atoms with E-state index in [2.05, 4.69) is 78.6 Å². The van der Waals surface area contributed by atoms with E-state index in [0.29, 0.717) is 29.8 Å². The zero-order chi connectivity index (χ0) is 23.4. The molecule has 0 aromatic heterocycles.